The minimum absolute atomic E-state index is 0.0514. The molecule has 2 aromatic heterocycles. The van der Waals surface area contributed by atoms with E-state index in [-0.39, 0.29) is 18.0 Å². The third-order valence-corrected chi connectivity index (χ3v) is 4.28. The van der Waals surface area contributed by atoms with E-state index >= 15 is 0 Å². The molecule has 0 aliphatic carbocycles. The molecule has 0 unspecified atom stereocenters. The number of hydrogen-bond donors (Lipinski definition) is 2. The van der Waals surface area contributed by atoms with Crippen LogP contribution in [-0.4, -0.2) is 44.4 Å². The van der Waals surface area contributed by atoms with Crippen molar-refractivity contribution in [3.8, 4) is 0 Å². The van der Waals surface area contributed by atoms with Gasteiger partial charge in [-0.3, -0.25) is 5.10 Å². The molecule has 2 N–H and O–H groups in total. The predicted octanol–water partition coefficient (Wildman–Crippen LogP) is 2.40. The Labute approximate surface area is 141 Å². The summed E-state index contributed by atoms with van der Waals surface area (Å²) in [4.78, 5) is 18.7. The van der Waals surface area contributed by atoms with Crippen molar-refractivity contribution in [3.05, 3.63) is 29.7 Å². The number of rotatable bonds is 5. The molecule has 8 heteroatoms. The molecular weight excluding hydrogens is 308 g/mol. The number of hydrogen-bond acceptors (Lipinski definition) is 5. The highest BCUT2D eigenvalue weighted by molar-refractivity contribution is 5.74. The summed E-state index contributed by atoms with van der Waals surface area (Å²) in [6.07, 6.45) is 7.32. The summed E-state index contributed by atoms with van der Waals surface area (Å²) < 4.78 is 5.19. The van der Waals surface area contributed by atoms with E-state index in [0.717, 1.165) is 31.4 Å². The van der Waals surface area contributed by atoms with Crippen LogP contribution < -0.4 is 5.32 Å². The maximum atomic E-state index is 12.5. The Hall–Kier alpha value is -2.38. The van der Waals surface area contributed by atoms with Gasteiger partial charge in [-0.25, -0.2) is 4.79 Å². The molecule has 1 saturated heterocycles. The van der Waals surface area contributed by atoms with Gasteiger partial charge in [0.15, 0.2) is 5.82 Å². The molecule has 1 atom stereocenters. The first-order valence-electron chi connectivity index (χ1n) is 8.50. The van der Waals surface area contributed by atoms with E-state index in [0.29, 0.717) is 24.7 Å². The summed E-state index contributed by atoms with van der Waals surface area (Å²) in [5, 5.41) is 13.7. The van der Waals surface area contributed by atoms with Crippen molar-refractivity contribution >= 4 is 6.03 Å². The van der Waals surface area contributed by atoms with E-state index in [9.17, 15) is 4.79 Å². The molecule has 0 radical (unpaired) electrons. The van der Waals surface area contributed by atoms with Gasteiger partial charge in [0.1, 0.15) is 0 Å². The van der Waals surface area contributed by atoms with Crippen molar-refractivity contribution in [2.45, 2.75) is 51.5 Å². The number of likely N-dealkylation sites (tertiary alicyclic amines) is 1. The van der Waals surface area contributed by atoms with Gasteiger partial charge in [0.25, 0.3) is 0 Å². The molecular formula is C16H24N6O2. The highest BCUT2D eigenvalue weighted by atomic mass is 16.5. The van der Waals surface area contributed by atoms with Gasteiger partial charge in [-0.05, 0) is 19.3 Å². The fourth-order valence-electron chi connectivity index (χ4n) is 2.95. The Balaban J connectivity index is 1.53. The molecule has 8 nitrogen and oxygen atoms in total. The molecule has 2 aromatic rings. The number of urea groups is 1. The molecule has 0 spiro atoms. The van der Waals surface area contributed by atoms with E-state index in [1.54, 1.807) is 6.20 Å². The van der Waals surface area contributed by atoms with E-state index < -0.39 is 0 Å². The lowest BCUT2D eigenvalue weighted by Crippen LogP contribution is -2.45. The Morgan fingerprint density at radius 2 is 2.38 bits per heavy atom. The van der Waals surface area contributed by atoms with E-state index in [1.165, 1.54) is 0 Å². The molecule has 1 fully saturated rings. The van der Waals surface area contributed by atoms with Crippen molar-refractivity contribution in [3.63, 3.8) is 0 Å². The van der Waals surface area contributed by atoms with Gasteiger partial charge in [0, 0.05) is 37.2 Å². The van der Waals surface area contributed by atoms with Gasteiger partial charge in [-0.15, -0.1) is 0 Å². The first-order chi connectivity index (χ1) is 11.6. The van der Waals surface area contributed by atoms with Gasteiger partial charge < -0.3 is 14.7 Å². The van der Waals surface area contributed by atoms with Crippen molar-refractivity contribution in [2.75, 3.05) is 13.1 Å². The minimum atomic E-state index is -0.0514. The van der Waals surface area contributed by atoms with E-state index in [4.69, 9.17) is 4.52 Å². The number of amides is 2. The largest absolute Gasteiger partial charge is 0.339 e. The number of nitrogens with zero attached hydrogens (tertiary/aromatic N) is 4. The average molecular weight is 332 g/mol. The van der Waals surface area contributed by atoms with Crippen LogP contribution in [0.2, 0.25) is 0 Å². The second-order valence-corrected chi connectivity index (χ2v) is 6.42. The number of piperidine rings is 1. The number of carbonyl (C=O) groups excluding carboxylic acids is 1. The van der Waals surface area contributed by atoms with Crippen LogP contribution in [0.15, 0.2) is 16.9 Å². The van der Waals surface area contributed by atoms with Crippen LogP contribution in [0.25, 0.3) is 0 Å². The van der Waals surface area contributed by atoms with Crippen LogP contribution in [0.5, 0.6) is 0 Å². The zero-order valence-electron chi connectivity index (χ0n) is 14.2. The van der Waals surface area contributed by atoms with Crippen molar-refractivity contribution in [1.82, 2.24) is 30.6 Å². The van der Waals surface area contributed by atoms with Gasteiger partial charge >= 0.3 is 6.03 Å². The molecule has 0 bridgehead atoms. The Morgan fingerprint density at radius 1 is 1.50 bits per heavy atom. The first kappa shape index (κ1) is 16.5. The highest BCUT2D eigenvalue weighted by Gasteiger charge is 2.28. The number of aromatic amines is 1. The Morgan fingerprint density at radius 3 is 3.08 bits per heavy atom. The zero-order valence-corrected chi connectivity index (χ0v) is 14.2. The topological polar surface area (TPSA) is 99.9 Å². The molecule has 1 aliphatic heterocycles. The number of nitrogens with one attached hydrogen (secondary N) is 2. The van der Waals surface area contributed by atoms with Gasteiger partial charge in [-0.2, -0.15) is 10.1 Å². The van der Waals surface area contributed by atoms with Crippen LogP contribution in [0.1, 0.15) is 62.3 Å². The van der Waals surface area contributed by atoms with Crippen LogP contribution >= 0.6 is 0 Å². The molecule has 0 saturated carbocycles. The van der Waals surface area contributed by atoms with Crippen molar-refractivity contribution in [2.24, 2.45) is 0 Å². The first-order valence-corrected chi connectivity index (χ1v) is 8.50. The van der Waals surface area contributed by atoms with Crippen molar-refractivity contribution in [1.29, 1.82) is 0 Å². The second kappa shape index (κ2) is 7.46. The van der Waals surface area contributed by atoms with Crippen LogP contribution in [0.3, 0.4) is 0 Å². The molecule has 3 rings (SSSR count). The number of aromatic nitrogens is 4. The summed E-state index contributed by atoms with van der Waals surface area (Å²) in [5.41, 5.74) is 1.06. The second-order valence-electron chi connectivity index (χ2n) is 6.42. The lowest BCUT2D eigenvalue weighted by molar-refractivity contribution is 0.151. The maximum absolute atomic E-state index is 12.5. The fraction of sp³-hybridized carbons (Fsp3) is 0.625. The average Bonchev–Trinajstić information content (AvgIpc) is 3.26. The van der Waals surface area contributed by atoms with Gasteiger partial charge in [-0.1, -0.05) is 19.0 Å². The molecule has 2 amide bonds. The molecule has 1 aliphatic rings. The summed E-state index contributed by atoms with van der Waals surface area (Å²) in [7, 11) is 0. The predicted molar refractivity (Wildman–Crippen MR) is 87.4 cm³/mol. The zero-order chi connectivity index (χ0) is 16.9. The van der Waals surface area contributed by atoms with E-state index in [2.05, 4.69) is 25.7 Å². The summed E-state index contributed by atoms with van der Waals surface area (Å²) in [6.45, 7) is 5.28. The van der Waals surface area contributed by atoms with Crippen LogP contribution in [0.4, 0.5) is 4.79 Å². The third-order valence-electron chi connectivity index (χ3n) is 4.28. The number of H-pyrrole nitrogens is 1. The molecule has 130 valence electrons. The van der Waals surface area contributed by atoms with Crippen LogP contribution in [-0.2, 0) is 6.42 Å². The SMILES string of the molecule is CC(C)c1noc(CCNC(=O)N2CCCC[C@H]2c2cn[nH]c2)n1. The van der Waals surface area contributed by atoms with E-state index in [1.807, 2.05) is 24.9 Å². The quantitative estimate of drug-likeness (QED) is 0.875. The van der Waals surface area contributed by atoms with Gasteiger partial charge in [0.2, 0.25) is 5.89 Å². The monoisotopic (exact) mass is 332 g/mol. The standard InChI is InChI=1S/C16H24N6O2/c1-11(2)15-20-14(24-21-15)6-7-17-16(23)22-8-4-3-5-13(22)12-9-18-19-10-12/h9-11,13H,3-8H2,1-2H3,(H,17,23)(H,18,19)/t13-/m0/s1. The Bertz CT molecular complexity index is 651. The normalized spacial score (nSPS) is 18.1. The fourth-order valence-corrected chi connectivity index (χ4v) is 2.95. The summed E-state index contributed by atoms with van der Waals surface area (Å²) >= 11 is 0. The molecule has 24 heavy (non-hydrogen) atoms. The molecule has 0 aromatic carbocycles. The van der Waals surface area contributed by atoms with Crippen molar-refractivity contribution < 1.29 is 9.32 Å². The smallest absolute Gasteiger partial charge is 0.317 e. The third kappa shape index (κ3) is 3.74. The summed E-state index contributed by atoms with van der Waals surface area (Å²) in [5.74, 6) is 1.50. The highest BCUT2D eigenvalue weighted by Crippen LogP contribution is 2.30. The van der Waals surface area contributed by atoms with Crippen LogP contribution in [0, 0.1) is 0 Å². The maximum Gasteiger partial charge on any atom is 0.317 e. The lowest BCUT2D eigenvalue weighted by Gasteiger charge is -2.35. The minimum Gasteiger partial charge on any atom is -0.339 e. The summed E-state index contributed by atoms with van der Waals surface area (Å²) in [6, 6.07) is 0.0398. The lowest BCUT2D eigenvalue weighted by atomic mass is 9.98. The number of carbonyl (C=O) groups is 1. The van der Waals surface area contributed by atoms with Gasteiger partial charge in [0.05, 0.1) is 12.2 Å². The molecule has 3 heterocycles. The Kier molecular flexibility index (Phi) is 5.12.